The molecule has 0 saturated heterocycles. The van der Waals surface area contributed by atoms with Crippen molar-refractivity contribution in [3.05, 3.63) is 35.4 Å². The third kappa shape index (κ3) is 3.01. The minimum Gasteiger partial charge on any atom is -0.475 e. The Hall–Kier alpha value is -1.84. The number of rotatable bonds is 4. The molecule has 0 aliphatic carbocycles. The average Bonchev–Trinajstić information content (AvgIpc) is 3.17. The van der Waals surface area contributed by atoms with Gasteiger partial charge in [0.05, 0.1) is 12.1 Å². The molecule has 1 aromatic rings. The molecule has 2 atom stereocenters. The Kier molecular flexibility index (Phi) is 4.19. The van der Waals surface area contributed by atoms with E-state index in [0.717, 1.165) is 22.9 Å². The van der Waals surface area contributed by atoms with Crippen molar-refractivity contribution in [1.82, 2.24) is 0 Å². The normalized spacial score (nSPS) is 24.3. The largest absolute Gasteiger partial charge is 0.475 e. The van der Waals surface area contributed by atoms with Crippen LogP contribution in [0.5, 0.6) is 0 Å². The van der Waals surface area contributed by atoms with Crippen molar-refractivity contribution in [2.24, 2.45) is 21.8 Å². The molecule has 2 heterocycles. The van der Waals surface area contributed by atoms with Crippen LogP contribution in [0.3, 0.4) is 0 Å². The van der Waals surface area contributed by atoms with Crippen LogP contribution in [0.1, 0.15) is 38.8 Å². The van der Waals surface area contributed by atoms with Gasteiger partial charge in [-0.25, -0.2) is 9.98 Å². The second-order valence-corrected chi connectivity index (χ2v) is 6.69. The van der Waals surface area contributed by atoms with Gasteiger partial charge in [0, 0.05) is 11.1 Å². The fourth-order valence-corrected chi connectivity index (χ4v) is 2.56. The molecular formula is C18H24N2O2. The molecule has 118 valence electrons. The molecule has 0 N–H and O–H groups in total. The first kappa shape index (κ1) is 15.1. The molecule has 1 aromatic carbocycles. The van der Waals surface area contributed by atoms with Gasteiger partial charge in [-0.05, 0) is 30.0 Å². The minimum absolute atomic E-state index is 0.254. The highest BCUT2D eigenvalue weighted by Crippen LogP contribution is 2.21. The lowest BCUT2D eigenvalue weighted by atomic mass is 10.1. The van der Waals surface area contributed by atoms with Crippen molar-refractivity contribution in [3.8, 4) is 0 Å². The minimum atomic E-state index is 0.254. The predicted molar refractivity (Wildman–Crippen MR) is 88.7 cm³/mol. The molecule has 0 radical (unpaired) electrons. The second-order valence-electron chi connectivity index (χ2n) is 6.69. The van der Waals surface area contributed by atoms with Gasteiger partial charge in [-0.3, -0.25) is 0 Å². The van der Waals surface area contributed by atoms with E-state index in [1.807, 2.05) is 18.2 Å². The van der Waals surface area contributed by atoms with Gasteiger partial charge >= 0.3 is 0 Å². The number of ether oxygens (including phenoxy) is 2. The number of benzene rings is 1. The van der Waals surface area contributed by atoms with Crippen LogP contribution in [0.15, 0.2) is 34.3 Å². The van der Waals surface area contributed by atoms with Crippen LogP contribution in [0.25, 0.3) is 0 Å². The van der Waals surface area contributed by atoms with Gasteiger partial charge in [-0.15, -0.1) is 0 Å². The molecule has 22 heavy (non-hydrogen) atoms. The SMILES string of the molecule is CC(C)[C@@H]1COC(c2cccc(C3=N[C@@H](C(C)C)CO3)c2)=N1. The van der Waals surface area contributed by atoms with Crippen molar-refractivity contribution in [3.63, 3.8) is 0 Å². The van der Waals surface area contributed by atoms with Gasteiger partial charge in [0.2, 0.25) is 11.8 Å². The van der Waals surface area contributed by atoms with Crippen molar-refractivity contribution in [2.75, 3.05) is 13.2 Å². The standard InChI is InChI=1S/C18H24N2O2/c1-11(2)15-9-21-17(19-15)13-6-5-7-14(8-13)18-20-16(10-22-18)12(3)4/h5-8,11-12,15-16H,9-10H2,1-4H3/t15-,16+. The number of hydrogen-bond acceptors (Lipinski definition) is 4. The Balaban J connectivity index is 1.82. The third-order valence-electron chi connectivity index (χ3n) is 4.24. The Morgan fingerprint density at radius 3 is 1.68 bits per heavy atom. The zero-order chi connectivity index (χ0) is 15.7. The second kappa shape index (κ2) is 6.11. The van der Waals surface area contributed by atoms with Crippen LogP contribution in [-0.4, -0.2) is 37.1 Å². The fraction of sp³-hybridized carbons (Fsp3) is 0.556. The van der Waals surface area contributed by atoms with Crippen molar-refractivity contribution >= 4 is 11.8 Å². The Morgan fingerprint density at radius 1 is 0.864 bits per heavy atom. The van der Waals surface area contributed by atoms with Gasteiger partial charge in [0.15, 0.2) is 0 Å². The molecule has 3 rings (SSSR count). The number of nitrogens with zero attached hydrogens (tertiary/aromatic N) is 2. The fourth-order valence-electron chi connectivity index (χ4n) is 2.56. The molecule has 0 unspecified atom stereocenters. The highest BCUT2D eigenvalue weighted by molar-refractivity contribution is 6.00. The van der Waals surface area contributed by atoms with Crippen molar-refractivity contribution in [1.29, 1.82) is 0 Å². The summed E-state index contributed by atoms with van der Waals surface area (Å²) in [6, 6.07) is 8.63. The molecule has 4 nitrogen and oxygen atoms in total. The molecule has 0 amide bonds. The van der Waals surface area contributed by atoms with E-state index in [2.05, 4.69) is 43.7 Å². The maximum atomic E-state index is 5.76. The molecule has 2 aliphatic rings. The molecule has 0 fully saturated rings. The molecular weight excluding hydrogens is 276 g/mol. The van der Waals surface area contributed by atoms with Gasteiger partial charge in [-0.1, -0.05) is 33.8 Å². The quantitative estimate of drug-likeness (QED) is 0.856. The lowest BCUT2D eigenvalue weighted by Gasteiger charge is -2.06. The maximum Gasteiger partial charge on any atom is 0.216 e. The van der Waals surface area contributed by atoms with Crippen molar-refractivity contribution in [2.45, 2.75) is 39.8 Å². The van der Waals surface area contributed by atoms with Crippen LogP contribution < -0.4 is 0 Å². The monoisotopic (exact) mass is 300 g/mol. The Labute approximate surface area is 132 Å². The van der Waals surface area contributed by atoms with E-state index in [0.29, 0.717) is 25.0 Å². The Bertz CT molecular complexity index is 556. The summed E-state index contributed by atoms with van der Waals surface area (Å²) in [5.74, 6) is 2.46. The summed E-state index contributed by atoms with van der Waals surface area (Å²) in [4.78, 5) is 9.36. The van der Waals surface area contributed by atoms with Crippen LogP contribution in [0.4, 0.5) is 0 Å². The third-order valence-corrected chi connectivity index (χ3v) is 4.24. The van der Waals surface area contributed by atoms with Gasteiger partial charge < -0.3 is 9.47 Å². The topological polar surface area (TPSA) is 43.2 Å². The van der Waals surface area contributed by atoms with Crippen LogP contribution in [0.2, 0.25) is 0 Å². The summed E-state index contributed by atoms with van der Waals surface area (Å²) in [7, 11) is 0. The van der Waals surface area contributed by atoms with E-state index >= 15 is 0 Å². The molecule has 2 aliphatic heterocycles. The average molecular weight is 300 g/mol. The molecule has 0 aromatic heterocycles. The lowest BCUT2D eigenvalue weighted by molar-refractivity contribution is 0.291. The van der Waals surface area contributed by atoms with E-state index in [4.69, 9.17) is 9.47 Å². The Morgan fingerprint density at radius 2 is 1.32 bits per heavy atom. The van der Waals surface area contributed by atoms with E-state index < -0.39 is 0 Å². The van der Waals surface area contributed by atoms with E-state index in [1.165, 1.54) is 0 Å². The van der Waals surface area contributed by atoms with Crippen LogP contribution in [0, 0.1) is 11.8 Å². The van der Waals surface area contributed by atoms with Gasteiger partial charge in [-0.2, -0.15) is 0 Å². The number of aliphatic imine (C=N–C) groups is 2. The van der Waals surface area contributed by atoms with E-state index in [1.54, 1.807) is 0 Å². The predicted octanol–water partition coefficient (Wildman–Crippen LogP) is 3.29. The maximum absolute atomic E-state index is 5.76. The summed E-state index contributed by atoms with van der Waals surface area (Å²) < 4.78 is 11.5. The lowest BCUT2D eigenvalue weighted by Crippen LogP contribution is -2.13. The summed E-state index contributed by atoms with van der Waals surface area (Å²) in [5.41, 5.74) is 2.00. The first-order valence-corrected chi connectivity index (χ1v) is 8.06. The van der Waals surface area contributed by atoms with Crippen LogP contribution >= 0.6 is 0 Å². The highest BCUT2D eigenvalue weighted by atomic mass is 16.5. The smallest absolute Gasteiger partial charge is 0.216 e. The summed E-state index contributed by atoms with van der Waals surface area (Å²) in [6.45, 7) is 10.0. The van der Waals surface area contributed by atoms with Crippen LogP contribution in [-0.2, 0) is 9.47 Å². The highest BCUT2D eigenvalue weighted by Gasteiger charge is 2.25. The van der Waals surface area contributed by atoms with E-state index in [-0.39, 0.29) is 12.1 Å². The van der Waals surface area contributed by atoms with Crippen molar-refractivity contribution < 1.29 is 9.47 Å². The summed E-state index contributed by atoms with van der Waals surface area (Å²) >= 11 is 0. The molecule has 0 spiro atoms. The zero-order valence-electron chi connectivity index (χ0n) is 13.7. The zero-order valence-corrected chi connectivity index (χ0v) is 13.7. The molecule has 0 saturated carbocycles. The first-order chi connectivity index (χ1) is 10.5. The molecule has 4 heteroatoms. The summed E-state index contributed by atoms with van der Waals surface area (Å²) in [6.07, 6.45) is 0. The van der Waals surface area contributed by atoms with Gasteiger partial charge in [0.1, 0.15) is 13.2 Å². The summed E-state index contributed by atoms with van der Waals surface area (Å²) in [5, 5.41) is 0. The van der Waals surface area contributed by atoms with Gasteiger partial charge in [0.25, 0.3) is 0 Å². The number of hydrogen-bond donors (Lipinski definition) is 0. The van der Waals surface area contributed by atoms with E-state index in [9.17, 15) is 0 Å². The molecule has 0 bridgehead atoms. The first-order valence-electron chi connectivity index (χ1n) is 8.06.